The fraction of sp³-hybridized carbons (Fsp3) is 0.462. The minimum Gasteiger partial charge on any atom is -0.497 e. The molecule has 0 spiro atoms. The number of aryl methyl sites for hydroxylation is 2. The van der Waals surface area contributed by atoms with Crippen LogP contribution in [0.4, 0.5) is 5.69 Å². The fourth-order valence-electron chi connectivity index (χ4n) is 3.65. The van der Waals surface area contributed by atoms with Crippen LogP contribution in [0.2, 0.25) is 0 Å². The SMILES string of the molecule is COc1cccc(CN(C(=O)CN(c2cc(C)ccc2C)S(=O)(=O)N(C)C)[C@@H](C)C(=O)NC(C)C)c1. The number of carbonyl (C=O) groups excluding carboxylic acids is 2. The summed E-state index contributed by atoms with van der Waals surface area (Å²) in [6.45, 7) is 8.61. The van der Waals surface area contributed by atoms with Crippen molar-refractivity contribution in [3.05, 3.63) is 59.2 Å². The molecule has 0 fully saturated rings. The van der Waals surface area contributed by atoms with Gasteiger partial charge in [0.2, 0.25) is 11.8 Å². The van der Waals surface area contributed by atoms with Crippen LogP contribution in [0.15, 0.2) is 42.5 Å². The maximum Gasteiger partial charge on any atom is 0.304 e. The predicted octanol–water partition coefficient (Wildman–Crippen LogP) is 2.87. The van der Waals surface area contributed by atoms with Crippen LogP contribution in [0.1, 0.15) is 37.5 Å². The van der Waals surface area contributed by atoms with E-state index >= 15 is 0 Å². The number of benzene rings is 2. The van der Waals surface area contributed by atoms with Gasteiger partial charge in [0.1, 0.15) is 18.3 Å². The van der Waals surface area contributed by atoms with Crippen LogP contribution in [-0.4, -0.2) is 69.3 Å². The average molecular weight is 519 g/mol. The molecule has 0 aliphatic carbocycles. The Balaban J connectivity index is 2.52. The quantitative estimate of drug-likeness (QED) is 0.493. The third kappa shape index (κ3) is 7.20. The number of nitrogens with zero attached hydrogens (tertiary/aromatic N) is 3. The molecular weight excluding hydrogens is 480 g/mol. The van der Waals surface area contributed by atoms with Gasteiger partial charge in [0.25, 0.3) is 0 Å². The molecule has 0 aliphatic rings. The highest BCUT2D eigenvalue weighted by Gasteiger charge is 2.33. The van der Waals surface area contributed by atoms with Crippen molar-refractivity contribution in [3.8, 4) is 5.75 Å². The largest absolute Gasteiger partial charge is 0.497 e. The van der Waals surface area contributed by atoms with Crippen molar-refractivity contribution >= 4 is 27.7 Å². The molecule has 0 saturated carbocycles. The van der Waals surface area contributed by atoms with E-state index in [1.165, 1.54) is 19.0 Å². The minimum atomic E-state index is -4.01. The molecule has 2 aromatic carbocycles. The number of nitrogens with one attached hydrogen (secondary N) is 1. The molecular formula is C26H38N4O5S. The van der Waals surface area contributed by atoms with Crippen molar-refractivity contribution in [2.45, 2.75) is 53.2 Å². The number of amides is 2. The van der Waals surface area contributed by atoms with Crippen LogP contribution in [0.25, 0.3) is 0 Å². The van der Waals surface area contributed by atoms with Crippen molar-refractivity contribution in [1.82, 2.24) is 14.5 Å². The lowest BCUT2D eigenvalue weighted by molar-refractivity contribution is -0.139. The first kappa shape index (κ1) is 29.1. The maximum absolute atomic E-state index is 13.8. The van der Waals surface area contributed by atoms with E-state index in [0.717, 1.165) is 19.7 Å². The number of methoxy groups -OCH3 is 1. The molecule has 9 nitrogen and oxygen atoms in total. The molecule has 0 unspecified atom stereocenters. The second kappa shape index (κ2) is 12.2. The van der Waals surface area contributed by atoms with Gasteiger partial charge in [-0.1, -0.05) is 24.3 Å². The molecule has 1 N–H and O–H groups in total. The van der Waals surface area contributed by atoms with Gasteiger partial charge >= 0.3 is 10.2 Å². The summed E-state index contributed by atoms with van der Waals surface area (Å²) in [7, 11) is 0.383. The Labute approximate surface area is 215 Å². The molecule has 0 aliphatic heterocycles. The van der Waals surface area contributed by atoms with Crippen molar-refractivity contribution in [2.24, 2.45) is 0 Å². The normalized spacial score (nSPS) is 12.4. The van der Waals surface area contributed by atoms with Crippen LogP contribution >= 0.6 is 0 Å². The second-order valence-electron chi connectivity index (χ2n) is 9.30. The van der Waals surface area contributed by atoms with Crippen molar-refractivity contribution in [1.29, 1.82) is 0 Å². The first-order valence-electron chi connectivity index (χ1n) is 11.8. The lowest BCUT2D eigenvalue weighted by Crippen LogP contribution is -2.53. The number of anilines is 1. The highest BCUT2D eigenvalue weighted by atomic mass is 32.2. The number of hydrogen-bond acceptors (Lipinski definition) is 5. The third-order valence-electron chi connectivity index (χ3n) is 5.74. The summed E-state index contributed by atoms with van der Waals surface area (Å²) in [4.78, 5) is 28.1. The van der Waals surface area contributed by atoms with Gasteiger partial charge in [0, 0.05) is 26.7 Å². The van der Waals surface area contributed by atoms with Crippen molar-refractivity contribution in [2.75, 3.05) is 32.1 Å². The maximum atomic E-state index is 13.8. The molecule has 0 aromatic heterocycles. The van der Waals surface area contributed by atoms with Gasteiger partial charge in [-0.05, 0) is 69.5 Å². The third-order valence-corrected chi connectivity index (χ3v) is 7.54. The Morgan fingerprint density at radius 1 is 1.03 bits per heavy atom. The molecule has 0 radical (unpaired) electrons. The molecule has 0 bridgehead atoms. The Hall–Kier alpha value is -3.11. The zero-order valence-electron chi connectivity index (χ0n) is 22.4. The average Bonchev–Trinajstić information content (AvgIpc) is 2.81. The monoisotopic (exact) mass is 518 g/mol. The number of rotatable bonds is 11. The van der Waals surface area contributed by atoms with Crippen LogP contribution in [-0.2, 0) is 26.3 Å². The summed E-state index contributed by atoms with van der Waals surface area (Å²) < 4.78 is 34.1. The Morgan fingerprint density at radius 2 is 1.69 bits per heavy atom. The van der Waals surface area contributed by atoms with Gasteiger partial charge in [-0.25, -0.2) is 4.31 Å². The van der Waals surface area contributed by atoms with E-state index in [1.54, 1.807) is 45.2 Å². The van der Waals surface area contributed by atoms with Gasteiger partial charge in [-0.2, -0.15) is 12.7 Å². The predicted molar refractivity (Wildman–Crippen MR) is 142 cm³/mol. The highest BCUT2D eigenvalue weighted by molar-refractivity contribution is 7.90. The lowest BCUT2D eigenvalue weighted by Gasteiger charge is -2.33. The summed E-state index contributed by atoms with van der Waals surface area (Å²) in [5, 5.41) is 2.84. The van der Waals surface area contributed by atoms with Crippen molar-refractivity contribution < 1.29 is 22.7 Å². The molecule has 0 heterocycles. The van der Waals surface area contributed by atoms with Gasteiger partial charge in [0.05, 0.1) is 12.8 Å². The summed E-state index contributed by atoms with van der Waals surface area (Å²) >= 11 is 0. The molecule has 2 rings (SSSR count). The van der Waals surface area contributed by atoms with Crippen LogP contribution in [0, 0.1) is 13.8 Å². The van der Waals surface area contributed by atoms with Gasteiger partial charge in [0.15, 0.2) is 0 Å². The molecule has 0 saturated heterocycles. The van der Waals surface area contributed by atoms with Gasteiger partial charge in [-0.3, -0.25) is 9.59 Å². The number of ether oxygens (including phenoxy) is 1. The Bertz CT molecular complexity index is 1180. The standard InChI is InChI=1S/C26H38N4O5S/c1-18(2)27-26(32)21(5)29(16-22-10-9-11-23(15-22)35-8)25(31)17-30(36(33,34)28(6)7)24-14-19(3)12-13-20(24)4/h9-15,18,21H,16-17H2,1-8H3,(H,27,32)/t21-/m0/s1. The lowest BCUT2D eigenvalue weighted by atomic mass is 10.1. The van der Waals surface area contributed by atoms with Gasteiger partial charge < -0.3 is 15.0 Å². The first-order valence-corrected chi connectivity index (χ1v) is 13.2. The summed E-state index contributed by atoms with van der Waals surface area (Å²) in [5.74, 6) is -0.211. The molecule has 2 aromatic rings. The second-order valence-corrected chi connectivity index (χ2v) is 11.4. The van der Waals surface area contributed by atoms with Crippen molar-refractivity contribution in [3.63, 3.8) is 0 Å². The fourth-order valence-corrected chi connectivity index (χ4v) is 4.76. The first-order chi connectivity index (χ1) is 16.8. The molecule has 198 valence electrons. The van der Waals surface area contributed by atoms with E-state index in [1.807, 2.05) is 39.0 Å². The molecule has 1 atom stereocenters. The van der Waals surface area contributed by atoms with Crippen LogP contribution < -0.4 is 14.4 Å². The molecule has 10 heteroatoms. The van der Waals surface area contributed by atoms with Crippen LogP contribution in [0.5, 0.6) is 5.75 Å². The topological polar surface area (TPSA) is 99.3 Å². The van der Waals surface area contributed by atoms with E-state index in [4.69, 9.17) is 4.74 Å². The van der Waals surface area contributed by atoms with E-state index in [0.29, 0.717) is 17.0 Å². The zero-order chi connectivity index (χ0) is 27.2. The van der Waals surface area contributed by atoms with Crippen LogP contribution in [0.3, 0.4) is 0 Å². The van der Waals surface area contributed by atoms with E-state index < -0.39 is 28.7 Å². The summed E-state index contributed by atoms with van der Waals surface area (Å²) in [6.07, 6.45) is 0. The van der Waals surface area contributed by atoms with Gasteiger partial charge in [-0.15, -0.1) is 0 Å². The Morgan fingerprint density at radius 3 is 2.28 bits per heavy atom. The number of carbonyl (C=O) groups is 2. The molecule has 36 heavy (non-hydrogen) atoms. The smallest absolute Gasteiger partial charge is 0.304 e. The summed E-state index contributed by atoms with van der Waals surface area (Å²) in [5.41, 5.74) is 2.74. The zero-order valence-corrected chi connectivity index (χ0v) is 23.2. The minimum absolute atomic E-state index is 0.103. The van der Waals surface area contributed by atoms with E-state index in [2.05, 4.69) is 5.32 Å². The number of hydrogen-bond donors (Lipinski definition) is 1. The van der Waals surface area contributed by atoms with E-state index in [9.17, 15) is 18.0 Å². The summed E-state index contributed by atoms with van der Waals surface area (Å²) in [6, 6.07) is 11.7. The highest BCUT2D eigenvalue weighted by Crippen LogP contribution is 2.26. The van der Waals surface area contributed by atoms with E-state index in [-0.39, 0.29) is 18.5 Å². The molecule has 2 amide bonds. The Kier molecular flexibility index (Phi) is 9.89.